The summed E-state index contributed by atoms with van der Waals surface area (Å²) in [6, 6.07) is 8.39. The van der Waals surface area contributed by atoms with E-state index in [0.29, 0.717) is 6.54 Å². The Kier molecular flexibility index (Phi) is 5.65. The van der Waals surface area contributed by atoms with E-state index >= 15 is 0 Å². The van der Waals surface area contributed by atoms with Crippen LogP contribution in [0.1, 0.15) is 32.3 Å². The van der Waals surface area contributed by atoms with E-state index in [4.69, 9.17) is 4.74 Å². The average Bonchev–Trinajstić information content (AvgIpc) is 2.45. The third-order valence-electron chi connectivity index (χ3n) is 3.89. The molecule has 4 nitrogen and oxygen atoms in total. The summed E-state index contributed by atoms with van der Waals surface area (Å²) in [5, 5.41) is 5.89. The molecule has 116 valence electrons. The first kappa shape index (κ1) is 16.3. The smallest absolute Gasteiger partial charge is 0.315 e. The maximum atomic E-state index is 11.9. The topological polar surface area (TPSA) is 50.4 Å². The van der Waals surface area contributed by atoms with Crippen LogP contribution >= 0.6 is 15.9 Å². The van der Waals surface area contributed by atoms with Crippen molar-refractivity contribution >= 4 is 22.0 Å². The van der Waals surface area contributed by atoms with Crippen LogP contribution in [-0.2, 0) is 10.2 Å². The van der Waals surface area contributed by atoms with Gasteiger partial charge in [-0.2, -0.15) is 0 Å². The van der Waals surface area contributed by atoms with Gasteiger partial charge in [-0.25, -0.2) is 4.79 Å². The van der Waals surface area contributed by atoms with Gasteiger partial charge >= 0.3 is 6.03 Å². The zero-order valence-electron chi connectivity index (χ0n) is 12.6. The van der Waals surface area contributed by atoms with E-state index in [9.17, 15) is 4.79 Å². The number of nitrogens with one attached hydrogen (secondary N) is 2. The molecule has 2 rings (SSSR count). The molecule has 1 saturated heterocycles. The summed E-state index contributed by atoms with van der Waals surface area (Å²) in [6.45, 7) is 6.02. The molecule has 1 aliphatic rings. The molecule has 0 spiro atoms. The molecule has 5 heteroatoms. The number of urea groups is 1. The average molecular weight is 355 g/mol. The van der Waals surface area contributed by atoms with Crippen LogP contribution in [0.25, 0.3) is 0 Å². The highest BCUT2D eigenvalue weighted by Gasteiger charge is 2.35. The van der Waals surface area contributed by atoms with Crippen LogP contribution in [0.15, 0.2) is 28.7 Å². The van der Waals surface area contributed by atoms with Crippen molar-refractivity contribution in [3.05, 3.63) is 34.3 Å². The summed E-state index contributed by atoms with van der Waals surface area (Å²) in [7, 11) is 0. The molecule has 0 aliphatic carbocycles. The summed E-state index contributed by atoms with van der Waals surface area (Å²) in [5.41, 5.74) is 1.21. The van der Waals surface area contributed by atoms with Crippen LogP contribution in [0.2, 0.25) is 0 Å². The van der Waals surface area contributed by atoms with Gasteiger partial charge in [0.15, 0.2) is 0 Å². The van der Waals surface area contributed by atoms with E-state index in [2.05, 4.69) is 38.7 Å². The Morgan fingerprint density at radius 3 is 2.71 bits per heavy atom. The Morgan fingerprint density at radius 1 is 1.38 bits per heavy atom. The molecular weight excluding hydrogens is 332 g/mol. The number of hydrogen-bond donors (Lipinski definition) is 2. The minimum Gasteiger partial charge on any atom is -0.381 e. The first-order valence-corrected chi connectivity index (χ1v) is 8.19. The van der Waals surface area contributed by atoms with Crippen LogP contribution in [0, 0.1) is 0 Å². The SMILES string of the molecule is CC(C)NC(=O)NCC1(c2cccc(Br)c2)CCOCC1. The lowest BCUT2D eigenvalue weighted by Crippen LogP contribution is -2.48. The van der Waals surface area contributed by atoms with Crippen LogP contribution in [0.4, 0.5) is 4.79 Å². The number of carbonyl (C=O) groups is 1. The molecule has 1 aliphatic heterocycles. The molecule has 1 heterocycles. The Balaban J connectivity index is 2.12. The summed E-state index contributed by atoms with van der Waals surface area (Å²) in [6.07, 6.45) is 1.84. The summed E-state index contributed by atoms with van der Waals surface area (Å²) >= 11 is 3.53. The second kappa shape index (κ2) is 7.27. The fourth-order valence-electron chi connectivity index (χ4n) is 2.71. The van der Waals surface area contributed by atoms with E-state index in [1.807, 2.05) is 26.0 Å². The fraction of sp³-hybridized carbons (Fsp3) is 0.562. The van der Waals surface area contributed by atoms with Crippen molar-refractivity contribution < 1.29 is 9.53 Å². The molecule has 0 aromatic heterocycles. The van der Waals surface area contributed by atoms with Crippen molar-refractivity contribution in [1.29, 1.82) is 0 Å². The zero-order chi connectivity index (χ0) is 15.3. The number of ether oxygens (including phenoxy) is 1. The Morgan fingerprint density at radius 2 is 2.10 bits per heavy atom. The normalized spacial score (nSPS) is 17.5. The van der Waals surface area contributed by atoms with Gasteiger partial charge in [0.2, 0.25) is 0 Å². The summed E-state index contributed by atoms with van der Waals surface area (Å²) in [4.78, 5) is 11.9. The lowest BCUT2D eigenvalue weighted by Gasteiger charge is -2.38. The molecule has 0 bridgehead atoms. The van der Waals surface area contributed by atoms with E-state index in [1.165, 1.54) is 5.56 Å². The van der Waals surface area contributed by atoms with Gasteiger partial charge in [0, 0.05) is 35.7 Å². The third kappa shape index (κ3) is 4.45. The molecule has 2 amide bonds. The maximum absolute atomic E-state index is 11.9. The Labute approximate surface area is 134 Å². The van der Waals surface area contributed by atoms with E-state index in [0.717, 1.165) is 30.5 Å². The quantitative estimate of drug-likeness (QED) is 0.872. The summed E-state index contributed by atoms with van der Waals surface area (Å²) in [5.74, 6) is 0. The highest BCUT2D eigenvalue weighted by Crippen LogP contribution is 2.35. The highest BCUT2D eigenvalue weighted by atomic mass is 79.9. The zero-order valence-corrected chi connectivity index (χ0v) is 14.2. The van der Waals surface area contributed by atoms with E-state index in [-0.39, 0.29) is 17.5 Å². The standard InChI is InChI=1S/C16H23BrN2O2/c1-12(2)19-15(20)18-11-16(6-8-21-9-7-16)13-4-3-5-14(17)10-13/h3-5,10,12H,6-9,11H2,1-2H3,(H2,18,19,20). The van der Waals surface area contributed by atoms with Crippen LogP contribution in [0.3, 0.4) is 0 Å². The molecule has 0 radical (unpaired) electrons. The van der Waals surface area contributed by atoms with Crippen molar-refractivity contribution in [3.63, 3.8) is 0 Å². The molecule has 1 aromatic rings. The number of amides is 2. The van der Waals surface area contributed by atoms with Crippen molar-refractivity contribution in [3.8, 4) is 0 Å². The Bertz CT molecular complexity index is 485. The highest BCUT2D eigenvalue weighted by molar-refractivity contribution is 9.10. The minimum atomic E-state index is -0.106. The van der Waals surface area contributed by atoms with Gasteiger partial charge in [-0.05, 0) is 44.4 Å². The predicted molar refractivity (Wildman–Crippen MR) is 87.5 cm³/mol. The van der Waals surface area contributed by atoms with Crippen molar-refractivity contribution in [2.75, 3.05) is 19.8 Å². The fourth-order valence-corrected chi connectivity index (χ4v) is 3.11. The number of rotatable bonds is 4. The number of benzene rings is 1. The van der Waals surface area contributed by atoms with Crippen LogP contribution in [0.5, 0.6) is 0 Å². The van der Waals surface area contributed by atoms with Gasteiger partial charge in [-0.15, -0.1) is 0 Å². The van der Waals surface area contributed by atoms with Gasteiger partial charge in [-0.1, -0.05) is 28.1 Å². The predicted octanol–water partition coefficient (Wildman–Crippen LogP) is 3.20. The molecule has 1 aromatic carbocycles. The van der Waals surface area contributed by atoms with Gasteiger partial charge in [-0.3, -0.25) is 0 Å². The van der Waals surface area contributed by atoms with Crippen molar-refractivity contribution in [1.82, 2.24) is 10.6 Å². The second-order valence-electron chi connectivity index (χ2n) is 5.88. The van der Waals surface area contributed by atoms with Crippen LogP contribution in [-0.4, -0.2) is 31.8 Å². The number of halogens is 1. The molecule has 0 unspecified atom stereocenters. The first-order valence-electron chi connectivity index (χ1n) is 7.40. The van der Waals surface area contributed by atoms with E-state index < -0.39 is 0 Å². The van der Waals surface area contributed by atoms with E-state index in [1.54, 1.807) is 0 Å². The van der Waals surface area contributed by atoms with Crippen molar-refractivity contribution in [2.24, 2.45) is 0 Å². The molecule has 0 saturated carbocycles. The van der Waals surface area contributed by atoms with Gasteiger partial charge in [0.05, 0.1) is 0 Å². The monoisotopic (exact) mass is 354 g/mol. The number of hydrogen-bond acceptors (Lipinski definition) is 2. The van der Waals surface area contributed by atoms with Crippen molar-refractivity contribution in [2.45, 2.75) is 38.1 Å². The van der Waals surface area contributed by atoms with Gasteiger partial charge in [0.1, 0.15) is 0 Å². The van der Waals surface area contributed by atoms with Gasteiger partial charge in [0.25, 0.3) is 0 Å². The molecular formula is C16H23BrN2O2. The third-order valence-corrected chi connectivity index (χ3v) is 4.39. The maximum Gasteiger partial charge on any atom is 0.315 e. The first-order chi connectivity index (χ1) is 10.0. The van der Waals surface area contributed by atoms with Crippen LogP contribution < -0.4 is 10.6 Å². The minimum absolute atomic E-state index is 0.0453. The lowest BCUT2D eigenvalue weighted by atomic mass is 9.74. The largest absolute Gasteiger partial charge is 0.381 e. The molecule has 0 atom stereocenters. The second-order valence-corrected chi connectivity index (χ2v) is 6.80. The lowest BCUT2D eigenvalue weighted by molar-refractivity contribution is 0.0506. The molecule has 21 heavy (non-hydrogen) atoms. The summed E-state index contributed by atoms with van der Waals surface area (Å²) < 4.78 is 6.57. The Hall–Kier alpha value is -1.07. The number of carbonyl (C=O) groups excluding carboxylic acids is 1. The molecule has 1 fully saturated rings. The molecule has 2 N–H and O–H groups in total. The van der Waals surface area contributed by atoms with Gasteiger partial charge < -0.3 is 15.4 Å².